The van der Waals surface area contributed by atoms with Gasteiger partial charge in [0, 0.05) is 17.7 Å². The van der Waals surface area contributed by atoms with E-state index in [4.69, 9.17) is 4.74 Å². The number of aliphatic hydroxyl groups is 1. The molecule has 0 aliphatic carbocycles. The van der Waals surface area contributed by atoms with Crippen LogP contribution in [-0.2, 0) is 6.54 Å². The van der Waals surface area contributed by atoms with E-state index in [1.54, 1.807) is 12.1 Å². The number of rotatable bonds is 7. The van der Waals surface area contributed by atoms with Crippen molar-refractivity contribution in [3.63, 3.8) is 0 Å². The summed E-state index contributed by atoms with van der Waals surface area (Å²) in [7, 11) is 0. The van der Waals surface area contributed by atoms with Gasteiger partial charge in [0.2, 0.25) is 0 Å². The fraction of sp³-hybridized carbons (Fsp3) is 0.158. The maximum Gasteiger partial charge on any atom is 0.273 e. The summed E-state index contributed by atoms with van der Waals surface area (Å²) in [6.07, 6.45) is -1.01. The number of aliphatic hydroxyl groups excluding tert-OH is 1. The zero-order chi connectivity index (χ0) is 19.2. The molecular weight excluding hydrogens is 350 g/mol. The molecule has 1 atom stereocenters. The van der Waals surface area contributed by atoms with Crippen LogP contribution in [0.15, 0.2) is 71.5 Å². The van der Waals surface area contributed by atoms with Crippen LogP contribution in [0.3, 0.4) is 0 Å². The summed E-state index contributed by atoms with van der Waals surface area (Å²) in [5.41, 5.74) is 1.02. The van der Waals surface area contributed by atoms with Crippen LogP contribution in [0, 0.1) is 10.1 Å². The molecule has 0 unspecified atom stereocenters. The first kappa shape index (κ1) is 18.3. The molecule has 1 aromatic heterocycles. The Morgan fingerprint density at radius 3 is 2.63 bits per heavy atom. The van der Waals surface area contributed by atoms with Crippen LogP contribution in [-0.4, -0.2) is 32.5 Å². The van der Waals surface area contributed by atoms with Gasteiger partial charge in [0.05, 0.1) is 23.2 Å². The fourth-order valence-corrected chi connectivity index (χ4v) is 2.47. The molecular formula is C19H17N3O5. The number of hydrogen-bond acceptors (Lipinski definition) is 6. The van der Waals surface area contributed by atoms with Crippen LogP contribution < -0.4 is 10.3 Å². The van der Waals surface area contributed by atoms with Crippen molar-refractivity contribution in [1.29, 1.82) is 0 Å². The smallest absolute Gasteiger partial charge is 0.273 e. The van der Waals surface area contributed by atoms with Gasteiger partial charge in [-0.1, -0.05) is 36.4 Å². The highest BCUT2D eigenvalue weighted by atomic mass is 16.6. The molecule has 3 rings (SSSR count). The number of benzene rings is 2. The molecule has 3 aromatic rings. The molecule has 0 radical (unpaired) electrons. The van der Waals surface area contributed by atoms with E-state index in [2.05, 4.69) is 5.10 Å². The number of aromatic nitrogens is 2. The highest BCUT2D eigenvalue weighted by Crippen LogP contribution is 2.19. The van der Waals surface area contributed by atoms with Crippen molar-refractivity contribution in [2.45, 2.75) is 12.6 Å². The Morgan fingerprint density at radius 2 is 1.89 bits per heavy atom. The first-order chi connectivity index (χ1) is 13.0. The molecule has 0 fully saturated rings. The Morgan fingerprint density at radius 1 is 1.11 bits per heavy atom. The van der Waals surface area contributed by atoms with Crippen molar-refractivity contribution in [1.82, 2.24) is 9.78 Å². The van der Waals surface area contributed by atoms with Gasteiger partial charge < -0.3 is 9.84 Å². The van der Waals surface area contributed by atoms with E-state index in [0.29, 0.717) is 5.69 Å². The third-order valence-electron chi connectivity index (χ3n) is 3.79. The molecule has 27 heavy (non-hydrogen) atoms. The largest absolute Gasteiger partial charge is 0.491 e. The quantitative estimate of drug-likeness (QED) is 0.507. The van der Waals surface area contributed by atoms with Crippen molar-refractivity contribution < 1.29 is 14.8 Å². The van der Waals surface area contributed by atoms with E-state index >= 15 is 0 Å². The molecule has 0 saturated carbocycles. The molecule has 0 amide bonds. The predicted molar refractivity (Wildman–Crippen MR) is 98.5 cm³/mol. The van der Waals surface area contributed by atoms with E-state index < -0.39 is 11.0 Å². The Hall–Kier alpha value is -3.52. The Bertz CT molecular complexity index is 988. The average Bonchev–Trinajstić information content (AvgIpc) is 2.69. The van der Waals surface area contributed by atoms with Gasteiger partial charge >= 0.3 is 0 Å². The van der Waals surface area contributed by atoms with Gasteiger partial charge in [-0.2, -0.15) is 5.10 Å². The Balaban J connectivity index is 1.67. The van der Waals surface area contributed by atoms with E-state index in [0.717, 1.165) is 5.56 Å². The van der Waals surface area contributed by atoms with E-state index in [1.165, 1.54) is 28.9 Å². The molecule has 8 nitrogen and oxygen atoms in total. The summed E-state index contributed by atoms with van der Waals surface area (Å²) < 4.78 is 6.56. The summed E-state index contributed by atoms with van der Waals surface area (Å²) in [5.74, 6) is 0.265. The topological polar surface area (TPSA) is 107 Å². The van der Waals surface area contributed by atoms with Gasteiger partial charge in [0.15, 0.2) is 0 Å². The minimum Gasteiger partial charge on any atom is -0.491 e. The molecule has 0 aliphatic rings. The number of nitro groups is 1. The minimum absolute atomic E-state index is 0.0611. The molecule has 0 bridgehead atoms. The molecule has 0 spiro atoms. The van der Waals surface area contributed by atoms with Crippen molar-refractivity contribution in [3.05, 3.63) is 87.2 Å². The Kier molecular flexibility index (Phi) is 5.58. The van der Waals surface area contributed by atoms with E-state index in [9.17, 15) is 20.0 Å². The van der Waals surface area contributed by atoms with Gasteiger partial charge in [-0.15, -0.1) is 0 Å². The lowest BCUT2D eigenvalue weighted by Gasteiger charge is -2.14. The highest BCUT2D eigenvalue weighted by Gasteiger charge is 2.12. The van der Waals surface area contributed by atoms with Crippen LogP contribution in [0.1, 0.15) is 0 Å². The third kappa shape index (κ3) is 4.77. The minimum atomic E-state index is -1.01. The zero-order valence-corrected chi connectivity index (χ0v) is 14.3. The second-order valence-corrected chi connectivity index (χ2v) is 5.82. The first-order valence-corrected chi connectivity index (χ1v) is 8.22. The molecule has 0 aliphatic heterocycles. The summed E-state index contributed by atoms with van der Waals surface area (Å²) in [5, 5.41) is 25.2. The number of nitrogens with zero attached hydrogens (tertiary/aromatic N) is 3. The SMILES string of the molecule is O=c1ccc(-c2ccccc2)nn1C[C@@H](O)COc1cccc([N+](=O)[O-])c1. The number of hydrogen-bond donors (Lipinski definition) is 1. The first-order valence-electron chi connectivity index (χ1n) is 8.22. The molecule has 8 heteroatoms. The Labute approximate surface area is 154 Å². The van der Waals surface area contributed by atoms with Gasteiger partial charge in [-0.3, -0.25) is 14.9 Å². The molecule has 1 heterocycles. The summed E-state index contributed by atoms with van der Waals surface area (Å²) in [6.45, 7) is -0.195. The van der Waals surface area contributed by atoms with E-state index in [-0.39, 0.29) is 30.1 Å². The van der Waals surface area contributed by atoms with Crippen molar-refractivity contribution >= 4 is 5.69 Å². The standard InChI is InChI=1S/C19H17N3O5/c23-16(13-27-17-8-4-7-15(11-17)22(25)26)12-21-19(24)10-9-18(20-21)14-5-2-1-3-6-14/h1-11,16,23H,12-13H2/t16-/m1/s1. The van der Waals surface area contributed by atoms with Crippen LogP contribution in [0.4, 0.5) is 5.69 Å². The van der Waals surface area contributed by atoms with Crippen molar-refractivity contribution in [3.8, 4) is 17.0 Å². The van der Waals surface area contributed by atoms with Gasteiger partial charge in [-0.25, -0.2) is 4.68 Å². The van der Waals surface area contributed by atoms with Crippen molar-refractivity contribution in [2.75, 3.05) is 6.61 Å². The zero-order valence-electron chi connectivity index (χ0n) is 14.3. The maximum atomic E-state index is 12.0. The van der Waals surface area contributed by atoms with Gasteiger partial charge in [0.25, 0.3) is 11.2 Å². The third-order valence-corrected chi connectivity index (χ3v) is 3.79. The highest BCUT2D eigenvalue weighted by molar-refractivity contribution is 5.57. The molecule has 0 saturated heterocycles. The fourth-order valence-electron chi connectivity index (χ4n) is 2.47. The van der Waals surface area contributed by atoms with Crippen LogP contribution in [0.2, 0.25) is 0 Å². The van der Waals surface area contributed by atoms with Gasteiger partial charge in [0.1, 0.15) is 18.5 Å². The van der Waals surface area contributed by atoms with Crippen LogP contribution in [0.5, 0.6) is 5.75 Å². The predicted octanol–water partition coefficient (Wildman–Crippen LogP) is 2.26. The maximum absolute atomic E-state index is 12.0. The molecule has 2 aromatic carbocycles. The van der Waals surface area contributed by atoms with Crippen LogP contribution >= 0.6 is 0 Å². The second-order valence-electron chi connectivity index (χ2n) is 5.82. The summed E-state index contributed by atoms with van der Waals surface area (Å²) in [4.78, 5) is 22.3. The van der Waals surface area contributed by atoms with Gasteiger partial charge in [-0.05, 0) is 12.1 Å². The number of ether oxygens (including phenoxy) is 1. The monoisotopic (exact) mass is 367 g/mol. The molecule has 138 valence electrons. The lowest BCUT2D eigenvalue weighted by Crippen LogP contribution is -2.31. The second kappa shape index (κ2) is 8.24. The number of nitro benzene ring substituents is 1. The lowest BCUT2D eigenvalue weighted by molar-refractivity contribution is -0.384. The normalized spacial score (nSPS) is 11.7. The summed E-state index contributed by atoms with van der Waals surface area (Å²) >= 11 is 0. The van der Waals surface area contributed by atoms with E-state index in [1.807, 2.05) is 30.3 Å². The van der Waals surface area contributed by atoms with Crippen LogP contribution in [0.25, 0.3) is 11.3 Å². The average molecular weight is 367 g/mol. The number of non-ortho nitro benzene ring substituents is 1. The van der Waals surface area contributed by atoms with Crippen molar-refractivity contribution in [2.24, 2.45) is 0 Å². The molecule has 1 N–H and O–H groups in total. The summed E-state index contributed by atoms with van der Waals surface area (Å²) in [6, 6.07) is 18.1. The lowest BCUT2D eigenvalue weighted by atomic mass is 10.1.